The number of hydrogen-bond donors (Lipinski definition) is 3. The van der Waals surface area contributed by atoms with Crippen molar-refractivity contribution < 1.29 is 19.4 Å². The van der Waals surface area contributed by atoms with Gasteiger partial charge >= 0.3 is 0 Å². The molecule has 3 N–H and O–H groups in total. The number of benzene rings is 1. The monoisotopic (exact) mass is 430 g/mol. The summed E-state index contributed by atoms with van der Waals surface area (Å²) in [6.45, 7) is 12.2. The molecule has 2 amide bonds. The normalized spacial score (nSPS) is 18.8. The van der Waals surface area contributed by atoms with Crippen LogP contribution < -0.4 is 15.1 Å². The Kier molecular flexibility index (Phi) is 8.01. The van der Waals surface area contributed by atoms with Crippen molar-refractivity contribution in [2.24, 2.45) is 0 Å². The van der Waals surface area contributed by atoms with Crippen molar-refractivity contribution in [3.8, 4) is 0 Å². The van der Waals surface area contributed by atoms with E-state index < -0.39 is 0 Å². The number of anilines is 1. The fourth-order valence-electron chi connectivity index (χ4n) is 4.03. The molecule has 2 heterocycles. The highest BCUT2D eigenvalue weighted by molar-refractivity contribution is 7.09. The third-order valence-electron chi connectivity index (χ3n) is 5.88. The Labute approximate surface area is 183 Å². The maximum atomic E-state index is 12.7. The van der Waals surface area contributed by atoms with Crippen LogP contribution in [0.5, 0.6) is 0 Å². The first-order valence-corrected chi connectivity index (χ1v) is 11.7. The average molecular weight is 431 g/mol. The van der Waals surface area contributed by atoms with Crippen molar-refractivity contribution in [1.82, 2.24) is 4.90 Å². The number of carbonyl (C=O) groups is 2. The number of carbonyl (C=O) groups excluding carboxylic acids is 2. The van der Waals surface area contributed by atoms with E-state index in [1.807, 2.05) is 49.9 Å². The lowest BCUT2D eigenvalue weighted by molar-refractivity contribution is -1.00. The van der Waals surface area contributed by atoms with Gasteiger partial charge in [0.2, 0.25) is 0 Å². The number of likely N-dealkylation sites (N-methyl/N-ethyl adjacent to an activating group) is 1. The number of amides is 2. The first kappa shape index (κ1) is 22.5. The van der Waals surface area contributed by atoms with Crippen molar-refractivity contribution in [3.05, 3.63) is 51.7 Å². The van der Waals surface area contributed by atoms with Crippen LogP contribution in [0.4, 0.5) is 5.69 Å². The van der Waals surface area contributed by atoms with Gasteiger partial charge in [0, 0.05) is 17.1 Å². The molecule has 7 heteroatoms. The molecule has 2 aromatic rings. The third kappa shape index (κ3) is 6.14. The highest BCUT2D eigenvalue weighted by atomic mass is 32.1. The van der Waals surface area contributed by atoms with Crippen molar-refractivity contribution in [1.29, 1.82) is 0 Å². The summed E-state index contributed by atoms with van der Waals surface area (Å²) >= 11 is 1.70. The third-order valence-corrected chi connectivity index (χ3v) is 6.74. The van der Waals surface area contributed by atoms with Gasteiger partial charge in [-0.15, -0.1) is 11.3 Å². The molecule has 0 aliphatic carbocycles. The van der Waals surface area contributed by atoms with Gasteiger partial charge in [0.1, 0.15) is 26.2 Å². The van der Waals surface area contributed by atoms with Crippen LogP contribution in [0.3, 0.4) is 0 Å². The average Bonchev–Trinajstić information content (AvgIpc) is 3.24. The zero-order valence-corrected chi connectivity index (χ0v) is 19.1. The van der Waals surface area contributed by atoms with Crippen molar-refractivity contribution in [2.75, 3.05) is 51.1 Å². The SMILES string of the molecule is CCN(Cc1cccs1)C(=O)C[NH+]1CC[NH+](CC(=O)Nc2c(C)cccc2C)CC1. The molecular formula is C23H34N4O2S+2. The van der Waals surface area contributed by atoms with E-state index in [2.05, 4.69) is 16.8 Å². The second-order valence-corrected chi connectivity index (χ2v) is 9.19. The molecule has 0 radical (unpaired) electrons. The molecule has 1 aromatic heterocycles. The van der Waals surface area contributed by atoms with Crippen molar-refractivity contribution in [3.63, 3.8) is 0 Å². The van der Waals surface area contributed by atoms with Crippen LogP contribution in [0.25, 0.3) is 0 Å². The van der Waals surface area contributed by atoms with Gasteiger partial charge in [0.05, 0.1) is 6.54 Å². The Morgan fingerprint density at radius 2 is 1.63 bits per heavy atom. The van der Waals surface area contributed by atoms with E-state index >= 15 is 0 Å². The highest BCUT2D eigenvalue weighted by Crippen LogP contribution is 2.18. The molecule has 0 atom stereocenters. The summed E-state index contributed by atoms with van der Waals surface area (Å²) in [4.78, 5) is 31.0. The maximum Gasteiger partial charge on any atom is 0.279 e. The number of nitrogens with one attached hydrogen (secondary N) is 3. The van der Waals surface area contributed by atoms with Crippen LogP contribution in [-0.2, 0) is 16.1 Å². The molecule has 0 spiro atoms. The lowest BCUT2D eigenvalue weighted by Crippen LogP contribution is -3.28. The molecule has 1 fully saturated rings. The zero-order valence-electron chi connectivity index (χ0n) is 18.3. The fourth-order valence-corrected chi connectivity index (χ4v) is 4.75. The number of thiophene rings is 1. The Morgan fingerprint density at radius 3 is 2.20 bits per heavy atom. The molecule has 162 valence electrons. The molecule has 1 saturated heterocycles. The number of nitrogens with zero attached hydrogens (tertiary/aromatic N) is 1. The van der Waals surface area contributed by atoms with Crippen LogP contribution in [0, 0.1) is 13.8 Å². The fraction of sp³-hybridized carbons (Fsp3) is 0.478. The molecule has 3 rings (SSSR count). The van der Waals surface area contributed by atoms with Crippen LogP contribution in [-0.4, -0.2) is 62.5 Å². The van der Waals surface area contributed by atoms with E-state index in [1.165, 1.54) is 14.7 Å². The maximum absolute atomic E-state index is 12.7. The number of hydrogen-bond acceptors (Lipinski definition) is 3. The molecule has 0 bridgehead atoms. The molecule has 30 heavy (non-hydrogen) atoms. The van der Waals surface area contributed by atoms with Gasteiger partial charge in [0.15, 0.2) is 13.1 Å². The van der Waals surface area contributed by atoms with Gasteiger partial charge in [-0.3, -0.25) is 9.59 Å². The highest BCUT2D eigenvalue weighted by Gasteiger charge is 2.28. The van der Waals surface area contributed by atoms with E-state index in [9.17, 15) is 9.59 Å². The van der Waals surface area contributed by atoms with E-state index in [4.69, 9.17) is 0 Å². The first-order valence-electron chi connectivity index (χ1n) is 10.8. The van der Waals surface area contributed by atoms with E-state index in [-0.39, 0.29) is 11.8 Å². The number of para-hydroxylation sites is 1. The summed E-state index contributed by atoms with van der Waals surface area (Å²) in [6, 6.07) is 10.2. The van der Waals surface area contributed by atoms with Gasteiger partial charge in [-0.2, -0.15) is 0 Å². The minimum atomic E-state index is 0.0648. The van der Waals surface area contributed by atoms with Crippen LogP contribution in [0.2, 0.25) is 0 Å². The van der Waals surface area contributed by atoms with Crippen molar-refractivity contribution in [2.45, 2.75) is 27.3 Å². The van der Waals surface area contributed by atoms with Crippen LogP contribution in [0.1, 0.15) is 22.9 Å². The Morgan fingerprint density at radius 1 is 1.00 bits per heavy atom. The van der Waals surface area contributed by atoms with Gasteiger partial charge in [0.25, 0.3) is 11.8 Å². The number of quaternary nitrogens is 2. The second-order valence-electron chi connectivity index (χ2n) is 8.16. The minimum Gasteiger partial charge on any atom is -0.333 e. The predicted molar refractivity (Wildman–Crippen MR) is 121 cm³/mol. The number of aryl methyl sites for hydroxylation is 2. The first-order chi connectivity index (χ1) is 14.5. The molecule has 1 aliphatic rings. The van der Waals surface area contributed by atoms with Gasteiger partial charge in [-0.25, -0.2) is 0 Å². The summed E-state index contributed by atoms with van der Waals surface area (Å²) < 4.78 is 0. The molecule has 0 unspecified atom stereocenters. The Hall–Kier alpha value is -2.22. The summed E-state index contributed by atoms with van der Waals surface area (Å²) in [5.74, 6) is 0.284. The van der Waals surface area contributed by atoms with Gasteiger partial charge < -0.3 is 20.0 Å². The summed E-state index contributed by atoms with van der Waals surface area (Å²) in [5.41, 5.74) is 3.12. The largest absolute Gasteiger partial charge is 0.333 e. The van der Waals surface area contributed by atoms with Crippen LogP contribution in [0.15, 0.2) is 35.7 Å². The van der Waals surface area contributed by atoms with Gasteiger partial charge in [-0.1, -0.05) is 24.3 Å². The summed E-state index contributed by atoms with van der Waals surface area (Å²) in [6.07, 6.45) is 0. The minimum absolute atomic E-state index is 0.0648. The standard InChI is InChI=1S/C23H32N4O2S/c1-4-27(15-20-9-6-14-30-20)22(29)17-26-12-10-25(11-13-26)16-21(28)24-23-18(2)7-5-8-19(23)3/h5-9,14H,4,10-13,15-17H2,1-3H3,(H,24,28)/p+2. The molecular weight excluding hydrogens is 396 g/mol. The molecule has 1 aromatic carbocycles. The number of piperazine rings is 1. The van der Waals surface area contributed by atoms with Gasteiger partial charge in [-0.05, 0) is 43.3 Å². The quantitative estimate of drug-likeness (QED) is 0.558. The molecule has 1 aliphatic heterocycles. The van der Waals surface area contributed by atoms with E-state index in [0.717, 1.165) is 49.5 Å². The van der Waals surface area contributed by atoms with E-state index in [0.29, 0.717) is 19.6 Å². The molecule has 6 nitrogen and oxygen atoms in total. The van der Waals surface area contributed by atoms with Crippen molar-refractivity contribution >= 4 is 28.8 Å². The Balaban J connectivity index is 1.43. The predicted octanol–water partition coefficient (Wildman–Crippen LogP) is 0.136. The smallest absolute Gasteiger partial charge is 0.279 e. The second kappa shape index (κ2) is 10.7. The number of rotatable bonds is 8. The Bertz CT molecular complexity index is 825. The van der Waals surface area contributed by atoms with Crippen LogP contribution >= 0.6 is 11.3 Å². The molecule has 0 saturated carbocycles. The zero-order chi connectivity index (χ0) is 21.5. The lowest BCUT2D eigenvalue weighted by atomic mass is 10.1. The summed E-state index contributed by atoms with van der Waals surface area (Å²) in [5, 5.41) is 5.14. The lowest BCUT2D eigenvalue weighted by Gasteiger charge is -2.30. The van der Waals surface area contributed by atoms with E-state index in [1.54, 1.807) is 11.3 Å². The topological polar surface area (TPSA) is 58.3 Å². The summed E-state index contributed by atoms with van der Waals surface area (Å²) in [7, 11) is 0.